The number of likely N-dealkylation sites (N-methyl/N-ethyl adjacent to an activating group) is 1. The average molecular weight is 289 g/mol. The Balaban J connectivity index is 2.26. The van der Waals surface area contributed by atoms with Crippen LogP contribution in [0.5, 0.6) is 0 Å². The summed E-state index contributed by atoms with van der Waals surface area (Å²) in [6, 6.07) is 7.51. The van der Waals surface area contributed by atoms with E-state index in [4.69, 9.17) is 0 Å². The van der Waals surface area contributed by atoms with E-state index in [-0.39, 0.29) is 12.5 Å². The zero-order valence-corrected chi connectivity index (χ0v) is 12.4. The molecule has 2 rings (SSSR count). The van der Waals surface area contributed by atoms with Gasteiger partial charge in [-0.15, -0.1) is 0 Å². The highest BCUT2D eigenvalue weighted by atomic mass is 16.4. The van der Waals surface area contributed by atoms with Crippen LogP contribution in [0, 0.1) is 0 Å². The second kappa shape index (κ2) is 5.55. The van der Waals surface area contributed by atoms with Crippen LogP contribution in [0.25, 0.3) is 11.0 Å². The lowest BCUT2D eigenvalue weighted by molar-refractivity contribution is -0.156. The number of nitrogens with zero attached hydrogens (tertiary/aromatic N) is 3. The van der Waals surface area contributed by atoms with Gasteiger partial charge < -0.3 is 14.6 Å². The third-order valence-electron chi connectivity index (χ3n) is 3.65. The molecule has 1 heterocycles. The fraction of sp³-hybridized carbons (Fsp3) is 0.400. The van der Waals surface area contributed by atoms with Crippen LogP contribution in [-0.4, -0.2) is 43.5 Å². The molecule has 0 aliphatic carbocycles. The van der Waals surface area contributed by atoms with Crippen LogP contribution in [0.2, 0.25) is 0 Å². The first kappa shape index (κ1) is 15.0. The maximum atomic E-state index is 12.5. The lowest BCUT2D eigenvalue weighted by Gasteiger charge is -2.34. The van der Waals surface area contributed by atoms with Crippen LogP contribution in [0.1, 0.15) is 20.8 Å². The van der Waals surface area contributed by atoms with Crippen LogP contribution in [0.15, 0.2) is 30.6 Å². The summed E-state index contributed by atoms with van der Waals surface area (Å²) in [7, 11) is 0. The number of rotatable bonds is 5. The number of aromatic nitrogens is 2. The van der Waals surface area contributed by atoms with Gasteiger partial charge in [-0.3, -0.25) is 4.79 Å². The summed E-state index contributed by atoms with van der Waals surface area (Å²) >= 11 is 0. The molecule has 6 nitrogen and oxygen atoms in total. The maximum Gasteiger partial charge on any atom is 0.329 e. The van der Waals surface area contributed by atoms with Crippen molar-refractivity contribution in [2.45, 2.75) is 32.9 Å². The van der Waals surface area contributed by atoms with E-state index < -0.39 is 11.5 Å². The fourth-order valence-corrected chi connectivity index (χ4v) is 2.37. The Morgan fingerprint density at radius 2 is 2.00 bits per heavy atom. The highest BCUT2D eigenvalue weighted by Gasteiger charge is 2.36. The molecule has 1 amide bonds. The SMILES string of the molecule is CCN(C(=O)Cn1cnc2ccccc21)C(C)(C)C(=O)O. The van der Waals surface area contributed by atoms with E-state index in [0.29, 0.717) is 6.54 Å². The van der Waals surface area contributed by atoms with Gasteiger partial charge in [-0.05, 0) is 32.9 Å². The molecular formula is C15H19N3O3. The van der Waals surface area contributed by atoms with E-state index in [1.807, 2.05) is 24.3 Å². The van der Waals surface area contributed by atoms with E-state index in [0.717, 1.165) is 11.0 Å². The second-order valence-corrected chi connectivity index (χ2v) is 5.36. The van der Waals surface area contributed by atoms with E-state index in [9.17, 15) is 14.7 Å². The smallest absolute Gasteiger partial charge is 0.329 e. The largest absolute Gasteiger partial charge is 0.480 e. The normalized spacial score (nSPS) is 11.6. The molecule has 1 aromatic heterocycles. The third-order valence-corrected chi connectivity index (χ3v) is 3.65. The summed E-state index contributed by atoms with van der Waals surface area (Å²) in [5.41, 5.74) is 0.434. The summed E-state index contributed by atoms with van der Waals surface area (Å²) in [4.78, 5) is 29.4. The Hall–Kier alpha value is -2.37. The number of amides is 1. The Kier molecular flexibility index (Phi) is 3.97. The number of hydrogen-bond acceptors (Lipinski definition) is 3. The number of carbonyl (C=O) groups is 2. The molecule has 0 saturated carbocycles. The monoisotopic (exact) mass is 289 g/mol. The van der Waals surface area contributed by atoms with E-state index >= 15 is 0 Å². The molecule has 6 heteroatoms. The van der Waals surface area contributed by atoms with E-state index in [2.05, 4.69) is 4.98 Å². The van der Waals surface area contributed by atoms with Crippen LogP contribution in [-0.2, 0) is 16.1 Å². The van der Waals surface area contributed by atoms with Crippen molar-refractivity contribution in [2.24, 2.45) is 0 Å². The molecule has 0 spiro atoms. The number of hydrogen-bond donors (Lipinski definition) is 1. The molecule has 0 unspecified atom stereocenters. The van der Waals surface area contributed by atoms with Gasteiger partial charge in [0.05, 0.1) is 17.4 Å². The Labute approximate surface area is 123 Å². The van der Waals surface area contributed by atoms with Crippen molar-refractivity contribution < 1.29 is 14.7 Å². The summed E-state index contributed by atoms with van der Waals surface area (Å²) in [6.07, 6.45) is 1.60. The van der Waals surface area contributed by atoms with Crippen molar-refractivity contribution >= 4 is 22.9 Å². The number of carboxylic acids is 1. The number of aliphatic carboxylic acids is 1. The van der Waals surface area contributed by atoms with Crippen LogP contribution in [0.4, 0.5) is 0 Å². The van der Waals surface area contributed by atoms with Gasteiger partial charge in [-0.2, -0.15) is 0 Å². The molecule has 0 aliphatic heterocycles. The molecule has 0 saturated heterocycles. The zero-order chi connectivity index (χ0) is 15.6. The van der Waals surface area contributed by atoms with Gasteiger partial charge in [0.15, 0.2) is 0 Å². The predicted octanol–water partition coefficient (Wildman–Crippen LogP) is 1.75. The van der Waals surface area contributed by atoms with Crippen LogP contribution < -0.4 is 0 Å². The zero-order valence-electron chi connectivity index (χ0n) is 12.4. The molecule has 0 radical (unpaired) electrons. The van der Waals surface area contributed by atoms with Gasteiger partial charge in [0.1, 0.15) is 12.1 Å². The molecule has 2 aromatic rings. The number of carbonyl (C=O) groups excluding carboxylic acids is 1. The molecule has 0 aliphatic rings. The molecule has 0 bridgehead atoms. The number of benzene rings is 1. The minimum atomic E-state index is -1.23. The number of para-hydroxylation sites is 2. The molecule has 0 atom stereocenters. The molecule has 21 heavy (non-hydrogen) atoms. The molecular weight excluding hydrogens is 270 g/mol. The van der Waals surface area contributed by atoms with E-state index in [1.54, 1.807) is 17.8 Å². The number of fused-ring (bicyclic) bond motifs is 1. The third kappa shape index (κ3) is 2.74. The Bertz CT molecular complexity index is 676. The summed E-state index contributed by atoms with van der Waals surface area (Å²) in [6.45, 7) is 5.25. The van der Waals surface area contributed by atoms with Gasteiger partial charge in [-0.25, -0.2) is 9.78 Å². The van der Waals surface area contributed by atoms with Crippen molar-refractivity contribution in [1.29, 1.82) is 0 Å². The predicted molar refractivity (Wildman–Crippen MR) is 78.8 cm³/mol. The van der Waals surface area contributed by atoms with Gasteiger partial charge in [-0.1, -0.05) is 12.1 Å². The molecule has 1 aromatic carbocycles. The first-order valence-electron chi connectivity index (χ1n) is 6.81. The Morgan fingerprint density at radius 3 is 2.62 bits per heavy atom. The van der Waals surface area contributed by atoms with Gasteiger partial charge >= 0.3 is 5.97 Å². The van der Waals surface area contributed by atoms with E-state index in [1.165, 1.54) is 18.7 Å². The average Bonchev–Trinajstić information content (AvgIpc) is 2.82. The number of carboxylic acid groups (broad SMARTS) is 1. The summed E-state index contributed by atoms with van der Waals surface area (Å²) in [5, 5.41) is 9.28. The quantitative estimate of drug-likeness (QED) is 0.910. The first-order valence-corrected chi connectivity index (χ1v) is 6.81. The molecule has 1 N–H and O–H groups in total. The van der Waals surface area contributed by atoms with Crippen molar-refractivity contribution in [2.75, 3.05) is 6.54 Å². The fourth-order valence-electron chi connectivity index (χ4n) is 2.37. The Morgan fingerprint density at radius 1 is 1.33 bits per heavy atom. The van der Waals surface area contributed by atoms with Crippen molar-refractivity contribution in [1.82, 2.24) is 14.5 Å². The van der Waals surface area contributed by atoms with Crippen LogP contribution >= 0.6 is 0 Å². The lowest BCUT2D eigenvalue weighted by atomic mass is 10.0. The summed E-state index contributed by atoms with van der Waals surface area (Å²) < 4.78 is 1.73. The molecule has 0 fully saturated rings. The first-order chi connectivity index (χ1) is 9.87. The summed E-state index contributed by atoms with van der Waals surface area (Å²) in [5.74, 6) is -1.26. The van der Waals surface area contributed by atoms with Crippen molar-refractivity contribution in [3.63, 3.8) is 0 Å². The van der Waals surface area contributed by atoms with Gasteiger partial charge in [0, 0.05) is 6.54 Å². The highest BCUT2D eigenvalue weighted by molar-refractivity contribution is 5.87. The second-order valence-electron chi connectivity index (χ2n) is 5.36. The van der Waals surface area contributed by atoms with Gasteiger partial charge in [0.2, 0.25) is 5.91 Å². The minimum Gasteiger partial charge on any atom is -0.480 e. The van der Waals surface area contributed by atoms with Crippen LogP contribution in [0.3, 0.4) is 0 Å². The topological polar surface area (TPSA) is 75.4 Å². The number of imidazole rings is 1. The van der Waals surface area contributed by atoms with Crippen molar-refractivity contribution in [3.8, 4) is 0 Å². The maximum absolute atomic E-state index is 12.5. The minimum absolute atomic E-state index is 0.0745. The lowest BCUT2D eigenvalue weighted by Crippen LogP contribution is -2.53. The molecule has 112 valence electrons. The highest BCUT2D eigenvalue weighted by Crippen LogP contribution is 2.17. The van der Waals surface area contributed by atoms with Crippen molar-refractivity contribution in [3.05, 3.63) is 30.6 Å². The standard InChI is InChI=1S/C15H19N3O3/c1-4-18(15(2,3)14(20)21)13(19)9-17-10-16-11-7-5-6-8-12(11)17/h5-8,10H,4,9H2,1-3H3,(H,20,21). The van der Waals surface area contributed by atoms with Gasteiger partial charge in [0.25, 0.3) is 0 Å².